The predicted molar refractivity (Wildman–Crippen MR) is 119 cm³/mol. The van der Waals surface area contributed by atoms with Crippen molar-refractivity contribution in [1.82, 2.24) is 9.88 Å². The van der Waals surface area contributed by atoms with E-state index in [1.807, 2.05) is 47.4 Å². The third-order valence-corrected chi connectivity index (χ3v) is 6.39. The highest BCUT2D eigenvalue weighted by Crippen LogP contribution is 2.30. The van der Waals surface area contributed by atoms with E-state index in [1.54, 1.807) is 6.07 Å². The second kappa shape index (κ2) is 8.51. The Morgan fingerprint density at radius 2 is 1.87 bits per heavy atom. The number of hydrogen-bond acceptors (Lipinski definition) is 5. The molecule has 1 aliphatic rings. The van der Waals surface area contributed by atoms with Gasteiger partial charge in [-0.2, -0.15) is 0 Å². The van der Waals surface area contributed by atoms with E-state index in [1.165, 1.54) is 23.5 Å². The third kappa shape index (κ3) is 4.46. The van der Waals surface area contributed by atoms with Crippen LogP contribution in [0.2, 0.25) is 0 Å². The molecule has 1 saturated heterocycles. The van der Waals surface area contributed by atoms with Crippen LogP contribution in [0.3, 0.4) is 0 Å². The van der Waals surface area contributed by atoms with Crippen LogP contribution in [0, 0.1) is 5.82 Å². The van der Waals surface area contributed by atoms with Gasteiger partial charge in [-0.3, -0.25) is 4.79 Å². The summed E-state index contributed by atoms with van der Waals surface area (Å²) >= 11 is 1.34. The van der Waals surface area contributed by atoms with Crippen LogP contribution in [-0.2, 0) is 4.79 Å². The summed E-state index contributed by atoms with van der Waals surface area (Å²) in [4.78, 5) is 18.8. The van der Waals surface area contributed by atoms with Crippen molar-refractivity contribution in [3.05, 3.63) is 66.5 Å². The van der Waals surface area contributed by atoms with Crippen molar-refractivity contribution in [1.29, 1.82) is 0 Å². The van der Waals surface area contributed by atoms with Crippen molar-refractivity contribution in [3.8, 4) is 10.9 Å². The molecule has 31 heavy (non-hydrogen) atoms. The molecule has 1 fully saturated rings. The maximum atomic E-state index is 13.4. The Balaban J connectivity index is 1.12. The van der Waals surface area contributed by atoms with Crippen LogP contribution in [-0.4, -0.2) is 41.6 Å². The molecule has 0 bridgehead atoms. The zero-order valence-corrected chi connectivity index (χ0v) is 17.6. The average molecular weight is 437 g/mol. The lowest BCUT2D eigenvalue weighted by Gasteiger charge is -2.31. The van der Waals surface area contributed by atoms with Crippen LogP contribution in [0.25, 0.3) is 21.0 Å². The fourth-order valence-corrected chi connectivity index (χ4v) is 4.69. The predicted octanol–water partition coefficient (Wildman–Crippen LogP) is 5.04. The molecule has 0 radical (unpaired) electrons. The highest BCUT2D eigenvalue weighted by atomic mass is 32.1. The minimum Gasteiger partial charge on any atom is -0.484 e. The molecular weight excluding hydrogens is 415 g/mol. The van der Waals surface area contributed by atoms with Gasteiger partial charge in [0.2, 0.25) is 0 Å². The Kier molecular flexibility index (Phi) is 5.42. The number of thiazole rings is 1. The van der Waals surface area contributed by atoms with Crippen LogP contribution in [0.15, 0.2) is 60.7 Å². The first-order valence-electron chi connectivity index (χ1n) is 10.3. The van der Waals surface area contributed by atoms with Gasteiger partial charge in [0, 0.05) is 25.9 Å². The summed E-state index contributed by atoms with van der Waals surface area (Å²) in [5.41, 5.74) is 0.736. The van der Waals surface area contributed by atoms with Gasteiger partial charge in [-0.05, 0) is 41.1 Å². The van der Waals surface area contributed by atoms with Crippen LogP contribution < -0.4 is 9.47 Å². The molecule has 1 aromatic heterocycles. The fraction of sp³-hybridized carbons (Fsp3) is 0.250. The largest absolute Gasteiger partial charge is 0.484 e. The molecule has 5 nitrogen and oxygen atoms in total. The number of carbonyl (C=O) groups is 1. The Hall–Kier alpha value is -3.19. The van der Waals surface area contributed by atoms with Crippen molar-refractivity contribution in [2.24, 2.45) is 0 Å². The van der Waals surface area contributed by atoms with Crippen molar-refractivity contribution in [2.45, 2.75) is 18.9 Å². The van der Waals surface area contributed by atoms with E-state index in [-0.39, 0.29) is 24.4 Å². The molecule has 1 amide bonds. The fourth-order valence-electron chi connectivity index (χ4n) is 3.79. The highest BCUT2D eigenvalue weighted by Gasteiger charge is 2.25. The summed E-state index contributed by atoms with van der Waals surface area (Å²) in [6.07, 6.45) is 1.45. The number of rotatable bonds is 5. The van der Waals surface area contributed by atoms with E-state index < -0.39 is 0 Å². The number of nitrogens with zero attached hydrogens (tertiary/aromatic N) is 2. The summed E-state index contributed by atoms with van der Waals surface area (Å²) in [6.45, 7) is 1.25. The standard InChI is InChI=1S/C24H21FN2O3S/c25-18-6-8-21-22(14-18)31-24(26-21)30-19-9-11-27(12-10-19)23(28)15-29-20-7-5-16-3-1-2-4-17(16)13-20/h1-8,13-14,19H,9-12,15H2. The molecule has 1 aliphatic heterocycles. The second-order valence-electron chi connectivity index (χ2n) is 7.59. The van der Waals surface area contributed by atoms with E-state index in [2.05, 4.69) is 4.98 Å². The van der Waals surface area contributed by atoms with E-state index in [4.69, 9.17) is 9.47 Å². The molecule has 3 aromatic carbocycles. The molecule has 0 N–H and O–H groups in total. The lowest BCUT2D eigenvalue weighted by molar-refractivity contribution is -0.135. The average Bonchev–Trinajstić information content (AvgIpc) is 3.19. The molecular formula is C24H21FN2O3S. The molecule has 158 valence electrons. The number of halogens is 1. The summed E-state index contributed by atoms with van der Waals surface area (Å²) < 4.78 is 25.9. The maximum absolute atomic E-state index is 13.4. The van der Waals surface area contributed by atoms with Crippen molar-refractivity contribution in [3.63, 3.8) is 0 Å². The first kappa shape index (κ1) is 19.8. The number of hydrogen-bond donors (Lipinski definition) is 0. The smallest absolute Gasteiger partial charge is 0.274 e. The highest BCUT2D eigenvalue weighted by molar-refractivity contribution is 7.20. The molecule has 5 rings (SSSR count). The lowest BCUT2D eigenvalue weighted by Crippen LogP contribution is -2.43. The van der Waals surface area contributed by atoms with Crippen LogP contribution in [0.1, 0.15) is 12.8 Å². The minimum atomic E-state index is -0.277. The number of ether oxygens (including phenoxy) is 2. The molecule has 0 spiro atoms. The summed E-state index contributed by atoms with van der Waals surface area (Å²) in [5, 5.41) is 2.77. The minimum absolute atomic E-state index is 0.00383. The maximum Gasteiger partial charge on any atom is 0.274 e. The first-order chi connectivity index (χ1) is 15.1. The van der Waals surface area contributed by atoms with Crippen LogP contribution in [0.5, 0.6) is 10.9 Å². The number of fused-ring (bicyclic) bond motifs is 2. The molecule has 0 saturated carbocycles. The Morgan fingerprint density at radius 1 is 1.06 bits per heavy atom. The number of aromatic nitrogens is 1. The van der Waals surface area contributed by atoms with Crippen LogP contribution in [0.4, 0.5) is 4.39 Å². The number of benzene rings is 3. The zero-order chi connectivity index (χ0) is 21.2. The molecule has 4 aromatic rings. The first-order valence-corrected chi connectivity index (χ1v) is 11.1. The molecule has 2 heterocycles. The summed E-state index contributed by atoms with van der Waals surface area (Å²) in [5.74, 6) is 0.389. The lowest BCUT2D eigenvalue weighted by atomic mass is 10.1. The van der Waals surface area contributed by atoms with Gasteiger partial charge in [0.05, 0.1) is 10.2 Å². The normalized spacial score (nSPS) is 14.8. The molecule has 0 aliphatic carbocycles. The van der Waals surface area contributed by atoms with Gasteiger partial charge in [0.25, 0.3) is 11.1 Å². The van der Waals surface area contributed by atoms with Crippen molar-refractivity contribution < 1.29 is 18.7 Å². The second-order valence-corrected chi connectivity index (χ2v) is 8.58. The van der Waals surface area contributed by atoms with E-state index in [0.717, 1.165) is 33.8 Å². The Morgan fingerprint density at radius 3 is 2.71 bits per heavy atom. The van der Waals surface area contributed by atoms with Gasteiger partial charge in [-0.1, -0.05) is 41.7 Å². The van der Waals surface area contributed by atoms with Crippen molar-refractivity contribution >= 4 is 38.2 Å². The van der Waals surface area contributed by atoms with E-state index >= 15 is 0 Å². The zero-order valence-electron chi connectivity index (χ0n) is 16.8. The number of amides is 1. The van der Waals surface area contributed by atoms with Crippen molar-refractivity contribution in [2.75, 3.05) is 19.7 Å². The van der Waals surface area contributed by atoms with Gasteiger partial charge in [0.15, 0.2) is 6.61 Å². The summed E-state index contributed by atoms with van der Waals surface area (Å²) in [6, 6.07) is 18.4. The monoisotopic (exact) mass is 436 g/mol. The van der Waals surface area contributed by atoms with Crippen LogP contribution >= 0.6 is 11.3 Å². The molecule has 0 atom stereocenters. The van der Waals surface area contributed by atoms with E-state index in [0.29, 0.717) is 24.0 Å². The van der Waals surface area contributed by atoms with Gasteiger partial charge < -0.3 is 14.4 Å². The number of piperidine rings is 1. The Bertz CT molecular complexity index is 1230. The molecule has 7 heteroatoms. The molecule has 0 unspecified atom stereocenters. The van der Waals surface area contributed by atoms with Gasteiger partial charge in [-0.15, -0.1) is 0 Å². The van der Waals surface area contributed by atoms with Gasteiger partial charge in [-0.25, -0.2) is 9.37 Å². The third-order valence-electron chi connectivity index (χ3n) is 5.48. The van der Waals surface area contributed by atoms with Gasteiger partial charge >= 0.3 is 0 Å². The number of carbonyl (C=O) groups excluding carboxylic acids is 1. The quantitative estimate of drug-likeness (QED) is 0.440. The number of likely N-dealkylation sites (tertiary alicyclic amines) is 1. The Labute approximate surface area is 183 Å². The summed E-state index contributed by atoms with van der Waals surface area (Å²) in [7, 11) is 0. The SMILES string of the molecule is O=C(COc1ccc2ccccc2c1)N1CCC(Oc2nc3ccc(F)cc3s2)CC1. The topological polar surface area (TPSA) is 51.7 Å². The van der Waals surface area contributed by atoms with Gasteiger partial charge in [0.1, 0.15) is 17.7 Å². The van der Waals surface area contributed by atoms with E-state index in [9.17, 15) is 9.18 Å².